The molecule has 0 saturated heterocycles. The molecule has 0 amide bonds. The Morgan fingerprint density at radius 2 is 2.20 bits per heavy atom. The van der Waals surface area contributed by atoms with Gasteiger partial charge in [0.15, 0.2) is 5.01 Å². The van der Waals surface area contributed by atoms with Gasteiger partial charge in [-0.05, 0) is 13.0 Å². The molecule has 0 spiro atoms. The van der Waals surface area contributed by atoms with Crippen molar-refractivity contribution in [3.8, 4) is 0 Å². The highest BCUT2D eigenvalue weighted by Gasteiger charge is 2.17. The highest BCUT2D eigenvalue weighted by Crippen LogP contribution is 2.21. The summed E-state index contributed by atoms with van der Waals surface area (Å²) in [6.45, 7) is 1.47. The van der Waals surface area contributed by atoms with Crippen LogP contribution in [0.1, 0.15) is 21.1 Å². The van der Waals surface area contributed by atoms with Crippen LogP contribution >= 0.6 is 11.3 Å². The van der Waals surface area contributed by atoms with Crippen molar-refractivity contribution in [1.82, 2.24) is 14.6 Å². The van der Waals surface area contributed by atoms with Crippen LogP contribution in [-0.4, -0.2) is 25.5 Å². The number of fused-ring (bicyclic) bond motifs is 1. The van der Waals surface area contributed by atoms with E-state index in [2.05, 4.69) is 10.1 Å². The average molecular weight is 361 g/mol. The lowest BCUT2D eigenvalue weighted by molar-refractivity contribution is -0.384. The van der Waals surface area contributed by atoms with Gasteiger partial charge in [-0.15, -0.1) is 0 Å². The summed E-state index contributed by atoms with van der Waals surface area (Å²) in [5.41, 5.74) is 5.57. The Bertz CT molecular complexity index is 1060. The number of nitro benzene ring substituents is 1. The maximum atomic E-state index is 12.1. The number of anilines is 1. The number of hydrogen-bond acceptors (Lipinski definition) is 9. The maximum absolute atomic E-state index is 12.1. The van der Waals surface area contributed by atoms with Gasteiger partial charge in [0.2, 0.25) is 4.96 Å². The first-order valence-electron chi connectivity index (χ1n) is 6.92. The van der Waals surface area contributed by atoms with Gasteiger partial charge < -0.3 is 10.5 Å². The third-order valence-electron chi connectivity index (χ3n) is 3.21. The van der Waals surface area contributed by atoms with E-state index >= 15 is 0 Å². The van der Waals surface area contributed by atoms with Crippen LogP contribution in [0.3, 0.4) is 0 Å². The highest BCUT2D eigenvalue weighted by atomic mass is 32.1. The molecule has 0 aliphatic carbocycles. The maximum Gasteiger partial charge on any atom is 0.340 e. The molecule has 0 fully saturated rings. The minimum absolute atomic E-state index is 0.0633. The highest BCUT2D eigenvalue weighted by molar-refractivity contribution is 7.16. The van der Waals surface area contributed by atoms with E-state index in [9.17, 15) is 19.7 Å². The number of rotatable bonds is 4. The largest absolute Gasteiger partial charge is 0.455 e. The van der Waals surface area contributed by atoms with Gasteiger partial charge in [-0.25, -0.2) is 9.78 Å². The van der Waals surface area contributed by atoms with E-state index in [1.807, 2.05) is 0 Å². The van der Waals surface area contributed by atoms with E-state index in [1.54, 1.807) is 6.92 Å². The number of hydrogen-bond donors (Lipinski definition) is 1. The second kappa shape index (κ2) is 6.28. The molecule has 0 radical (unpaired) electrons. The molecule has 1 aromatic carbocycles. The van der Waals surface area contributed by atoms with Gasteiger partial charge in [-0.1, -0.05) is 11.3 Å². The molecule has 128 valence electrons. The number of aryl methyl sites for hydroxylation is 1. The average Bonchev–Trinajstić information content (AvgIpc) is 2.96. The number of non-ortho nitro benzene ring substituents is 1. The molecule has 0 atom stereocenters. The Morgan fingerprint density at radius 3 is 2.92 bits per heavy atom. The molecule has 2 heterocycles. The SMILES string of the molecule is Cc1cc(=O)n2nc(COC(=O)c3cc([N+](=O)[O-])ccc3N)sc2n1. The molecule has 25 heavy (non-hydrogen) atoms. The summed E-state index contributed by atoms with van der Waals surface area (Å²) in [7, 11) is 0. The van der Waals surface area contributed by atoms with Crippen molar-refractivity contribution in [2.24, 2.45) is 0 Å². The van der Waals surface area contributed by atoms with Crippen molar-refractivity contribution in [3.63, 3.8) is 0 Å². The number of aromatic nitrogens is 3. The number of carbonyl (C=O) groups excluding carboxylic acids is 1. The number of nitro groups is 1. The molecule has 11 heteroatoms. The second-order valence-corrected chi connectivity index (χ2v) is 6.07. The van der Waals surface area contributed by atoms with Crippen LogP contribution in [0.25, 0.3) is 4.96 Å². The van der Waals surface area contributed by atoms with E-state index in [-0.39, 0.29) is 29.1 Å². The second-order valence-electron chi connectivity index (χ2n) is 5.03. The monoisotopic (exact) mass is 361 g/mol. The Labute approximate surface area is 143 Å². The number of nitrogen functional groups attached to an aromatic ring is 1. The molecule has 3 aromatic rings. The summed E-state index contributed by atoms with van der Waals surface area (Å²) >= 11 is 1.10. The Kier molecular flexibility index (Phi) is 4.15. The van der Waals surface area contributed by atoms with Crippen LogP contribution in [0.5, 0.6) is 0 Å². The molecule has 10 nitrogen and oxygen atoms in total. The van der Waals surface area contributed by atoms with Crippen molar-refractivity contribution in [3.05, 3.63) is 61.0 Å². The number of benzene rings is 1. The quantitative estimate of drug-likeness (QED) is 0.317. The summed E-state index contributed by atoms with van der Waals surface area (Å²) < 4.78 is 6.21. The molecule has 3 rings (SSSR count). The number of carbonyl (C=O) groups is 1. The van der Waals surface area contributed by atoms with E-state index in [0.29, 0.717) is 15.7 Å². The van der Waals surface area contributed by atoms with Gasteiger partial charge in [0.05, 0.1) is 10.5 Å². The van der Waals surface area contributed by atoms with E-state index in [0.717, 1.165) is 21.9 Å². The number of nitrogens with zero attached hydrogens (tertiary/aromatic N) is 4. The molecule has 0 bridgehead atoms. The Hall–Kier alpha value is -3.34. The number of esters is 1. The molecular formula is C14H11N5O5S. The van der Waals surface area contributed by atoms with Crippen molar-refractivity contribution in [1.29, 1.82) is 0 Å². The molecule has 0 unspecified atom stereocenters. The van der Waals surface area contributed by atoms with Gasteiger partial charge >= 0.3 is 5.97 Å². The van der Waals surface area contributed by atoms with Crippen molar-refractivity contribution < 1.29 is 14.5 Å². The van der Waals surface area contributed by atoms with Gasteiger partial charge in [-0.2, -0.15) is 9.61 Å². The molecular weight excluding hydrogens is 350 g/mol. The van der Waals surface area contributed by atoms with Crippen LogP contribution in [0.4, 0.5) is 11.4 Å². The summed E-state index contributed by atoms with van der Waals surface area (Å²) in [5.74, 6) is -0.822. The van der Waals surface area contributed by atoms with Gasteiger partial charge in [0.1, 0.15) is 6.61 Å². The lowest BCUT2D eigenvalue weighted by Gasteiger charge is -2.05. The summed E-state index contributed by atoms with van der Waals surface area (Å²) in [6, 6.07) is 4.84. The smallest absolute Gasteiger partial charge is 0.340 e. The van der Waals surface area contributed by atoms with Crippen molar-refractivity contribution in [2.75, 3.05) is 5.73 Å². The van der Waals surface area contributed by atoms with Crippen LogP contribution in [0.15, 0.2) is 29.1 Å². The van der Waals surface area contributed by atoms with Gasteiger partial charge in [-0.3, -0.25) is 14.9 Å². The first-order valence-corrected chi connectivity index (χ1v) is 7.74. The van der Waals surface area contributed by atoms with E-state index in [1.165, 1.54) is 18.2 Å². The van der Waals surface area contributed by atoms with Crippen LogP contribution in [-0.2, 0) is 11.3 Å². The normalized spacial score (nSPS) is 10.8. The summed E-state index contributed by atoms with van der Waals surface area (Å²) in [4.78, 5) is 38.6. The first-order chi connectivity index (χ1) is 11.8. The molecule has 0 aliphatic rings. The van der Waals surface area contributed by atoms with Crippen molar-refractivity contribution in [2.45, 2.75) is 13.5 Å². The molecule has 2 aromatic heterocycles. The van der Waals surface area contributed by atoms with E-state index in [4.69, 9.17) is 10.5 Å². The summed E-state index contributed by atoms with van der Waals surface area (Å²) in [5, 5.41) is 15.2. The molecule has 0 aliphatic heterocycles. The molecule has 2 N–H and O–H groups in total. The zero-order chi connectivity index (χ0) is 18.1. The van der Waals surface area contributed by atoms with Crippen LogP contribution in [0.2, 0.25) is 0 Å². The van der Waals surface area contributed by atoms with E-state index < -0.39 is 10.9 Å². The predicted molar refractivity (Wildman–Crippen MR) is 88.5 cm³/mol. The van der Waals surface area contributed by atoms with Crippen molar-refractivity contribution >= 4 is 33.6 Å². The minimum atomic E-state index is -0.822. The lowest BCUT2D eigenvalue weighted by atomic mass is 10.1. The summed E-state index contributed by atoms with van der Waals surface area (Å²) in [6.07, 6.45) is 0. The number of nitrogens with two attached hydrogens (primary N) is 1. The third kappa shape index (κ3) is 3.30. The fraction of sp³-hybridized carbons (Fsp3) is 0.143. The van der Waals surface area contributed by atoms with Gasteiger partial charge in [0.25, 0.3) is 11.2 Å². The zero-order valence-corrected chi connectivity index (χ0v) is 13.6. The topological polar surface area (TPSA) is 143 Å². The molecule has 0 saturated carbocycles. The number of ether oxygens (including phenoxy) is 1. The standard InChI is InChI=1S/C14H11N5O5S/c1-7-4-12(20)18-14(16-7)25-11(17-18)6-24-13(21)9-5-8(19(22)23)2-3-10(9)15/h2-5H,6,15H2,1H3. The first kappa shape index (κ1) is 16.5. The predicted octanol–water partition coefficient (Wildman–Crippen LogP) is 1.31. The lowest BCUT2D eigenvalue weighted by Crippen LogP contribution is -2.14. The fourth-order valence-corrected chi connectivity index (χ4v) is 2.92. The Morgan fingerprint density at radius 1 is 1.44 bits per heavy atom. The zero-order valence-electron chi connectivity index (χ0n) is 12.8. The third-order valence-corrected chi connectivity index (χ3v) is 4.09. The van der Waals surface area contributed by atoms with Crippen LogP contribution in [0, 0.1) is 17.0 Å². The van der Waals surface area contributed by atoms with Crippen LogP contribution < -0.4 is 11.3 Å². The minimum Gasteiger partial charge on any atom is -0.455 e. The van der Waals surface area contributed by atoms with Gasteiger partial charge in [0, 0.05) is 29.6 Å². The fourth-order valence-electron chi connectivity index (χ4n) is 2.06. The Balaban J connectivity index is 1.81.